The Labute approximate surface area is 108 Å². The van der Waals surface area contributed by atoms with E-state index in [0.717, 1.165) is 18.4 Å². The summed E-state index contributed by atoms with van der Waals surface area (Å²) < 4.78 is 5.70. The molecule has 0 heterocycles. The molecule has 1 atom stereocenters. The maximum Gasteiger partial charge on any atom is 0.0777 e. The fraction of sp³-hybridized carbons (Fsp3) is 1.00. The lowest BCUT2D eigenvalue weighted by Gasteiger charge is -2.42. The van der Waals surface area contributed by atoms with Gasteiger partial charge >= 0.3 is 0 Å². The van der Waals surface area contributed by atoms with Crippen LogP contribution >= 0.6 is 0 Å². The predicted molar refractivity (Wildman–Crippen MR) is 74.3 cm³/mol. The number of hydrogen-bond acceptors (Lipinski definition) is 2. The molecule has 1 rings (SSSR count). The lowest BCUT2D eigenvalue weighted by Crippen LogP contribution is -2.53. The molecule has 0 aromatic rings. The van der Waals surface area contributed by atoms with E-state index in [4.69, 9.17) is 4.74 Å². The highest BCUT2D eigenvalue weighted by Crippen LogP contribution is 2.36. The third-order valence-corrected chi connectivity index (χ3v) is 4.64. The quantitative estimate of drug-likeness (QED) is 0.767. The molecule has 0 aliphatic heterocycles. The van der Waals surface area contributed by atoms with Gasteiger partial charge in [0.25, 0.3) is 0 Å². The number of ether oxygens (including phenoxy) is 1. The summed E-state index contributed by atoms with van der Waals surface area (Å²) in [5.74, 6) is 1.76. The molecule has 0 aromatic carbocycles. The van der Waals surface area contributed by atoms with Gasteiger partial charge in [-0.1, -0.05) is 33.1 Å². The van der Waals surface area contributed by atoms with Crippen LogP contribution in [-0.2, 0) is 4.74 Å². The van der Waals surface area contributed by atoms with Gasteiger partial charge in [-0.15, -0.1) is 0 Å². The van der Waals surface area contributed by atoms with Crippen molar-refractivity contribution >= 4 is 0 Å². The number of rotatable bonds is 6. The molecular formula is C15H31NO. The summed E-state index contributed by atoms with van der Waals surface area (Å²) in [6.07, 6.45) is 6.89. The first-order valence-corrected chi connectivity index (χ1v) is 7.33. The van der Waals surface area contributed by atoms with Gasteiger partial charge in [0.15, 0.2) is 0 Å². The minimum absolute atomic E-state index is 0.0558. The molecule has 1 aliphatic carbocycles. The summed E-state index contributed by atoms with van der Waals surface area (Å²) >= 11 is 0. The van der Waals surface area contributed by atoms with Crippen molar-refractivity contribution in [2.75, 3.05) is 13.7 Å². The summed E-state index contributed by atoms with van der Waals surface area (Å²) in [5, 5.41) is 3.65. The topological polar surface area (TPSA) is 21.3 Å². The molecule has 2 nitrogen and oxygen atoms in total. The number of methoxy groups -OCH3 is 1. The zero-order valence-corrected chi connectivity index (χ0v) is 12.4. The van der Waals surface area contributed by atoms with Gasteiger partial charge in [-0.25, -0.2) is 0 Å². The second-order valence-corrected chi connectivity index (χ2v) is 6.03. The van der Waals surface area contributed by atoms with Crippen molar-refractivity contribution in [1.29, 1.82) is 0 Å². The summed E-state index contributed by atoms with van der Waals surface area (Å²) in [6, 6.07) is 0.496. The van der Waals surface area contributed by atoms with Crippen molar-refractivity contribution in [3.63, 3.8) is 0 Å². The highest BCUT2D eigenvalue weighted by molar-refractivity contribution is 4.92. The van der Waals surface area contributed by atoms with Crippen LogP contribution in [0.4, 0.5) is 0 Å². The van der Waals surface area contributed by atoms with E-state index in [1.165, 1.54) is 32.1 Å². The van der Waals surface area contributed by atoms with Gasteiger partial charge in [-0.05, 0) is 45.1 Å². The first-order chi connectivity index (χ1) is 8.05. The molecule has 102 valence electrons. The average molecular weight is 241 g/mol. The van der Waals surface area contributed by atoms with Crippen LogP contribution in [0.1, 0.15) is 59.8 Å². The summed E-state index contributed by atoms with van der Waals surface area (Å²) in [7, 11) is 1.84. The molecule has 1 saturated carbocycles. The van der Waals surface area contributed by atoms with Crippen LogP contribution in [0.5, 0.6) is 0 Å². The molecule has 1 unspecified atom stereocenters. The largest absolute Gasteiger partial charge is 0.377 e. The average Bonchev–Trinajstić information content (AvgIpc) is 2.36. The fourth-order valence-corrected chi connectivity index (χ4v) is 3.26. The van der Waals surface area contributed by atoms with Crippen molar-refractivity contribution in [2.45, 2.75) is 71.4 Å². The number of likely N-dealkylation sites (N-methyl/N-ethyl adjacent to an activating group) is 1. The fourth-order valence-electron chi connectivity index (χ4n) is 3.26. The van der Waals surface area contributed by atoms with E-state index >= 15 is 0 Å². The van der Waals surface area contributed by atoms with E-state index in [1.807, 2.05) is 7.11 Å². The molecule has 0 bridgehead atoms. The zero-order chi connectivity index (χ0) is 12.9. The van der Waals surface area contributed by atoms with Gasteiger partial charge in [0.2, 0.25) is 0 Å². The van der Waals surface area contributed by atoms with Crippen LogP contribution in [0.3, 0.4) is 0 Å². The van der Waals surface area contributed by atoms with Gasteiger partial charge in [0, 0.05) is 13.2 Å². The molecule has 0 radical (unpaired) electrons. The Morgan fingerprint density at radius 1 is 1.18 bits per heavy atom. The van der Waals surface area contributed by atoms with Crippen molar-refractivity contribution in [1.82, 2.24) is 5.32 Å². The third-order valence-electron chi connectivity index (χ3n) is 4.64. The normalized spacial score (nSPS) is 28.1. The molecule has 1 aliphatic rings. The lowest BCUT2D eigenvalue weighted by atomic mass is 9.73. The maximum absolute atomic E-state index is 5.70. The SMILES string of the molecule is CCNC(C1CCC(CC)CC1)C(C)(C)OC. The molecule has 1 fully saturated rings. The molecule has 0 spiro atoms. The summed E-state index contributed by atoms with van der Waals surface area (Å²) in [5.41, 5.74) is -0.0558. The number of nitrogens with one attached hydrogen (secondary N) is 1. The Balaban J connectivity index is 2.60. The molecule has 1 N–H and O–H groups in total. The van der Waals surface area contributed by atoms with E-state index < -0.39 is 0 Å². The maximum atomic E-state index is 5.70. The highest BCUT2D eigenvalue weighted by Gasteiger charge is 2.36. The van der Waals surface area contributed by atoms with Crippen LogP contribution in [-0.4, -0.2) is 25.3 Å². The molecule has 2 heteroatoms. The van der Waals surface area contributed by atoms with E-state index in [-0.39, 0.29) is 5.60 Å². The number of hydrogen-bond donors (Lipinski definition) is 1. The standard InChI is InChI=1S/C15H31NO/c1-6-12-8-10-13(11-9-12)14(16-7-2)15(3,4)17-5/h12-14,16H,6-11H2,1-5H3. The van der Waals surface area contributed by atoms with Gasteiger partial charge in [-0.2, -0.15) is 0 Å². The van der Waals surface area contributed by atoms with Gasteiger partial charge in [0.05, 0.1) is 5.60 Å². The summed E-state index contributed by atoms with van der Waals surface area (Å²) in [4.78, 5) is 0. The second-order valence-electron chi connectivity index (χ2n) is 6.03. The van der Waals surface area contributed by atoms with Crippen molar-refractivity contribution < 1.29 is 4.74 Å². The summed E-state index contributed by atoms with van der Waals surface area (Å²) in [6.45, 7) is 9.98. The molecule has 17 heavy (non-hydrogen) atoms. The Hall–Kier alpha value is -0.0800. The zero-order valence-electron chi connectivity index (χ0n) is 12.4. The second kappa shape index (κ2) is 6.75. The Kier molecular flexibility index (Phi) is 5.94. The van der Waals surface area contributed by atoms with E-state index in [0.29, 0.717) is 6.04 Å². The molecule has 0 aromatic heterocycles. The van der Waals surface area contributed by atoms with Crippen LogP contribution in [0.15, 0.2) is 0 Å². The van der Waals surface area contributed by atoms with Crippen LogP contribution in [0, 0.1) is 11.8 Å². The van der Waals surface area contributed by atoms with Crippen molar-refractivity contribution in [2.24, 2.45) is 11.8 Å². The van der Waals surface area contributed by atoms with Gasteiger partial charge < -0.3 is 10.1 Å². The van der Waals surface area contributed by atoms with Crippen molar-refractivity contribution in [3.8, 4) is 0 Å². The Morgan fingerprint density at radius 3 is 2.18 bits per heavy atom. The first-order valence-electron chi connectivity index (χ1n) is 7.33. The van der Waals surface area contributed by atoms with Crippen LogP contribution in [0.25, 0.3) is 0 Å². The first kappa shape index (κ1) is 15.0. The molecular weight excluding hydrogens is 210 g/mol. The Morgan fingerprint density at radius 2 is 1.76 bits per heavy atom. The van der Waals surface area contributed by atoms with Gasteiger partial charge in [-0.3, -0.25) is 0 Å². The predicted octanol–water partition coefficient (Wildman–Crippen LogP) is 3.61. The van der Waals surface area contributed by atoms with Crippen LogP contribution in [0.2, 0.25) is 0 Å². The van der Waals surface area contributed by atoms with Crippen LogP contribution < -0.4 is 5.32 Å². The third kappa shape index (κ3) is 3.96. The minimum atomic E-state index is -0.0558. The smallest absolute Gasteiger partial charge is 0.0777 e. The van der Waals surface area contributed by atoms with Crippen molar-refractivity contribution in [3.05, 3.63) is 0 Å². The highest BCUT2D eigenvalue weighted by atomic mass is 16.5. The molecule has 0 saturated heterocycles. The minimum Gasteiger partial charge on any atom is -0.377 e. The molecule has 0 amide bonds. The monoisotopic (exact) mass is 241 g/mol. The van der Waals surface area contributed by atoms with E-state index in [1.54, 1.807) is 0 Å². The van der Waals surface area contributed by atoms with E-state index in [2.05, 4.69) is 33.0 Å². The van der Waals surface area contributed by atoms with E-state index in [9.17, 15) is 0 Å². The Bertz CT molecular complexity index is 207. The van der Waals surface area contributed by atoms with Gasteiger partial charge in [0.1, 0.15) is 0 Å². The lowest BCUT2D eigenvalue weighted by molar-refractivity contribution is -0.0346.